The maximum atomic E-state index is 12.8. The van der Waals surface area contributed by atoms with Crippen LogP contribution in [0.3, 0.4) is 0 Å². The zero-order valence-electron chi connectivity index (χ0n) is 18.0. The van der Waals surface area contributed by atoms with Gasteiger partial charge in [-0.15, -0.1) is 0 Å². The minimum absolute atomic E-state index is 0.0818. The molecule has 1 fully saturated rings. The van der Waals surface area contributed by atoms with Crippen LogP contribution in [0, 0.1) is 13.8 Å². The molecule has 0 atom stereocenters. The Hall–Kier alpha value is -3.01. The topological polar surface area (TPSA) is 102 Å². The molecule has 0 saturated carbocycles. The Kier molecular flexibility index (Phi) is 7.79. The number of morpholine rings is 1. The molecule has 0 unspecified atom stereocenters. The van der Waals surface area contributed by atoms with Gasteiger partial charge >= 0.3 is 5.97 Å². The van der Waals surface area contributed by atoms with E-state index >= 15 is 0 Å². The van der Waals surface area contributed by atoms with Crippen LogP contribution in [0.1, 0.15) is 16.7 Å². The summed E-state index contributed by atoms with van der Waals surface area (Å²) in [5.41, 5.74) is 2.98. The smallest absolute Gasteiger partial charge is 0.331 e. The summed E-state index contributed by atoms with van der Waals surface area (Å²) in [6.07, 6.45) is 2.85. The highest BCUT2D eigenvalue weighted by molar-refractivity contribution is 7.89. The third kappa shape index (κ3) is 6.25. The van der Waals surface area contributed by atoms with Crippen LogP contribution in [0.25, 0.3) is 6.08 Å². The largest absolute Gasteiger partial charge is 0.452 e. The third-order valence-corrected chi connectivity index (χ3v) is 6.82. The fourth-order valence-electron chi connectivity index (χ4n) is 3.05. The lowest BCUT2D eigenvalue weighted by Crippen LogP contribution is -2.40. The molecule has 3 rings (SSSR count). The molecular formula is C23H26N2O6S. The van der Waals surface area contributed by atoms with Gasteiger partial charge in [-0.1, -0.05) is 35.9 Å². The van der Waals surface area contributed by atoms with Crippen molar-refractivity contribution in [2.75, 3.05) is 38.2 Å². The van der Waals surface area contributed by atoms with E-state index in [9.17, 15) is 18.0 Å². The number of carbonyl (C=O) groups excluding carboxylic acids is 2. The van der Waals surface area contributed by atoms with Gasteiger partial charge in [-0.05, 0) is 43.2 Å². The highest BCUT2D eigenvalue weighted by Crippen LogP contribution is 2.23. The van der Waals surface area contributed by atoms with E-state index < -0.39 is 28.5 Å². The minimum Gasteiger partial charge on any atom is -0.452 e. The number of nitrogens with one attached hydrogen (secondary N) is 1. The van der Waals surface area contributed by atoms with Crippen molar-refractivity contribution in [1.82, 2.24) is 4.31 Å². The van der Waals surface area contributed by atoms with E-state index in [-0.39, 0.29) is 18.0 Å². The third-order valence-electron chi connectivity index (χ3n) is 4.93. The zero-order chi connectivity index (χ0) is 23.1. The average Bonchev–Trinajstić information content (AvgIpc) is 2.79. The summed E-state index contributed by atoms with van der Waals surface area (Å²) >= 11 is 0. The molecular weight excluding hydrogens is 432 g/mol. The molecule has 1 saturated heterocycles. The molecule has 2 aromatic carbocycles. The Balaban J connectivity index is 1.59. The second-order valence-corrected chi connectivity index (χ2v) is 9.33. The molecule has 2 aromatic rings. The number of ether oxygens (including phenoxy) is 2. The maximum absolute atomic E-state index is 12.8. The summed E-state index contributed by atoms with van der Waals surface area (Å²) in [5.74, 6) is -1.22. The molecule has 1 N–H and O–H groups in total. The van der Waals surface area contributed by atoms with Crippen molar-refractivity contribution in [3.8, 4) is 0 Å². The van der Waals surface area contributed by atoms with Crippen molar-refractivity contribution < 1.29 is 27.5 Å². The van der Waals surface area contributed by atoms with Gasteiger partial charge in [-0.3, -0.25) is 4.79 Å². The Morgan fingerprint density at radius 1 is 1.09 bits per heavy atom. The SMILES string of the molecule is Cc1ccc(/C=C/C(=O)OCC(=O)Nc2cc(S(=O)(=O)N3CCOCC3)ccc2C)cc1. The maximum Gasteiger partial charge on any atom is 0.331 e. The molecule has 0 radical (unpaired) electrons. The Morgan fingerprint density at radius 2 is 1.78 bits per heavy atom. The minimum atomic E-state index is -3.69. The molecule has 0 aliphatic carbocycles. The van der Waals surface area contributed by atoms with Crippen molar-refractivity contribution in [1.29, 1.82) is 0 Å². The van der Waals surface area contributed by atoms with E-state index in [1.54, 1.807) is 19.1 Å². The van der Waals surface area contributed by atoms with E-state index in [2.05, 4.69) is 5.32 Å². The van der Waals surface area contributed by atoms with Crippen molar-refractivity contribution in [2.24, 2.45) is 0 Å². The first kappa shape index (κ1) is 23.6. The van der Waals surface area contributed by atoms with Crippen molar-refractivity contribution in [3.05, 3.63) is 65.2 Å². The molecule has 9 heteroatoms. The highest BCUT2D eigenvalue weighted by Gasteiger charge is 2.26. The predicted octanol–water partition coefficient (Wildman–Crippen LogP) is 2.52. The van der Waals surface area contributed by atoms with E-state index in [0.29, 0.717) is 24.5 Å². The molecule has 1 heterocycles. The standard InChI is InChI=1S/C23H26N2O6S/c1-17-3-6-19(7-4-17)8-10-23(27)31-16-22(26)24-21-15-20(9-5-18(21)2)32(28,29)25-11-13-30-14-12-25/h3-10,15H,11-14,16H2,1-2H3,(H,24,26)/b10-8+. The zero-order valence-corrected chi connectivity index (χ0v) is 18.9. The predicted molar refractivity (Wildman–Crippen MR) is 121 cm³/mol. The first-order valence-corrected chi connectivity index (χ1v) is 11.6. The van der Waals surface area contributed by atoms with Gasteiger partial charge in [-0.25, -0.2) is 13.2 Å². The molecule has 1 aliphatic heterocycles. The Labute approximate surface area is 187 Å². The van der Waals surface area contributed by atoms with Crippen LogP contribution >= 0.6 is 0 Å². The van der Waals surface area contributed by atoms with Crippen LogP contribution < -0.4 is 5.32 Å². The number of esters is 1. The Bertz CT molecular complexity index is 1100. The van der Waals surface area contributed by atoms with Gasteiger partial charge in [0.15, 0.2) is 6.61 Å². The number of rotatable bonds is 7. The van der Waals surface area contributed by atoms with Crippen LogP contribution in [-0.4, -0.2) is 57.5 Å². The van der Waals surface area contributed by atoms with Crippen LogP contribution in [0.15, 0.2) is 53.4 Å². The number of carbonyl (C=O) groups is 2. The Morgan fingerprint density at radius 3 is 2.47 bits per heavy atom. The average molecular weight is 459 g/mol. The quantitative estimate of drug-likeness (QED) is 0.505. The van der Waals surface area contributed by atoms with Crippen molar-refractivity contribution in [2.45, 2.75) is 18.7 Å². The number of amides is 1. The summed E-state index contributed by atoms with van der Waals surface area (Å²) < 4.78 is 37.2. The van der Waals surface area contributed by atoms with Gasteiger partial charge in [0.1, 0.15) is 0 Å². The molecule has 1 amide bonds. The number of benzene rings is 2. The first-order valence-electron chi connectivity index (χ1n) is 10.2. The number of sulfonamides is 1. The van der Waals surface area contributed by atoms with Crippen LogP contribution in [0.2, 0.25) is 0 Å². The van der Waals surface area contributed by atoms with Crippen LogP contribution in [0.5, 0.6) is 0 Å². The number of anilines is 1. The molecule has 0 spiro atoms. The van der Waals surface area contributed by atoms with Crippen LogP contribution in [-0.2, 0) is 29.1 Å². The molecule has 0 aromatic heterocycles. The first-order chi connectivity index (χ1) is 15.3. The van der Waals surface area contributed by atoms with Gasteiger partial charge in [0.25, 0.3) is 5.91 Å². The monoisotopic (exact) mass is 458 g/mol. The van der Waals surface area contributed by atoms with Gasteiger partial charge in [0.05, 0.1) is 18.1 Å². The van der Waals surface area contributed by atoms with E-state index in [4.69, 9.17) is 9.47 Å². The van der Waals surface area contributed by atoms with E-state index in [1.807, 2.05) is 31.2 Å². The summed E-state index contributed by atoms with van der Waals surface area (Å²) in [6, 6.07) is 12.1. The second kappa shape index (κ2) is 10.5. The normalized spacial score (nSPS) is 14.9. The molecule has 8 nitrogen and oxygen atoms in total. The highest BCUT2D eigenvalue weighted by atomic mass is 32.2. The van der Waals surface area contributed by atoms with Crippen LogP contribution in [0.4, 0.5) is 5.69 Å². The summed E-state index contributed by atoms with van der Waals surface area (Å²) in [7, 11) is -3.69. The number of nitrogens with zero attached hydrogens (tertiary/aromatic N) is 1. The lowest BCUT2D eigenvalue weighted by molar-refractivity contribution is -0.142. The van der Waals surface area contributed by atoms with Crippen molar-refractivity contribution in [3.63, 3.8) is 0 Å². The van der Waals surface area contributed by atoms with Gasteiger partial charge in [0.2, 0.25) is 10.0 Å². The molecule has 1 aliphatic rings. The van der Waals surface area contributed by atoms with Crippen molar-refractivity contribution >= 4 is 33.7 Å². The molecule has 0 bridgehead atoms. The van der Waals surface area contributed by atoms with Gasteiger partial charge < -0.3 is 14.8 Å². The number of hydrogen-bond donors (Lipinski definition) is 1. The fourth-order valence-corrected chi connectivity index (χ4v) is 4.48. The summed E-state index contributed by atoms with van der Waals surface area (Å²) in [6.45, 7) is 4.48. The lowest BCUT2D eigenvalue weighted by Gasteiger charge is -2.26. The summed E-state index contributed by atoms with van der Waals surface area (Å²) in [5, 5.41) is 2.61. The molecule has 170 valence electrons. The van der Waals surface area contributed by atoms with E-state index in [0.717, 1.165) is 11.1 Å². The fraction of sp³-hybridized carbons (Fsp3) is 0.304. The summed E-state index contributed by atoms with van der Waals surface area (Å²) in [4.78, 5) is 24.2. The van der Waals surface area contributed by atoms with Gasteiger partial charge in [-0.2, -0.15) is 4.31 Å². The lowest BCUT2D eigenvalue weighted by atomic mass is 10.1. The number of aryl methyl sites for hydroxylation is 2. The van der Waals surface area contributed by atoms with Gasteiger partial charge in [0, 0.05) is 24.9 Å². The molecule has 32 heavy (non-hydrogen) atoms. The second-order valence-electron chi connectivity index (χ2n) is 7.39. The number of hydrogen-bond acceptors (Lipinski definition) is 6. The van der Waals surface area contributed by atoms with E-state index in [1.165, 1.54) is 22.5 Å².